The Labute approximate surface area is 178 Å². The Bertz CT molecular complexity index is 696. The largest absolute Gasteiger partial charge is 0.493 e. The molecule has 0 saturated carbocycles. The van der Waals surface area contributed by atoms with Crippen molar-refractivity contribution in [1.82, 2.24) is 15.6 Å². The first-order valence-corrected chi connectivity index (χ1v) is 8.92. The highest BCUT2D eigenvalue weighted by Crippen LogP contribution is 2.20. The maximum atomic E-state index is 5.85. The molecular formula is C20H29IN4O2. The molecule has 1 aromatic heterocycles. The monoisotopic (exact) mass is 484 g/mol. The van der Waals surface area contributed by atoms with Crippen molar-refractivity contribution in [2.45, 2.75) is 26.8 Å². The van der Waals surface area contributed by atoms with E-state index in [1.54, 1.807) is 19.4 Å². The normalized spacial score (nSPS) is 10.7. The highest BCUT2D eigenvalue weighted by Gasteiger charge is 2.06. The van der Waals surface area contributed by atoms with E-state index in [2.05, 4.69) is 52.7 Å². The minimum Gasteiger partial charge on any atom is -0.493 e. The summed E-state index contributed by atoms with van der Waals surface area (Å²) >= 11 is 0. The topological polar surface area (TPSA) is 67.8 Å². The second-order valence-corrected chi connectivity index (χ2v) is 5.85. The van der Waals surface area contributed by atoms with Crippen molar-refractivity contribution < 1.29 is 9.47 Å². The van der Waals surface area contributed by atoms with Crippen molar-refractivity contribution >= 4 is 29.9 Å². The van der Waals surface area contributed by atoms with Gasteiger partial charge in [-0.05, 0) is 37.1 Å². The third-order valence-electron chi connectivity index (χ3n) is 3.65. The molecular weight excluding hydrogens is 455 g/mol. The number of aromatic nitrogens is 1. The molecule has 1 aromatic carbocycles. The number of rotatable bonds is 9. The third-order valence-corrected chi connectivity index (χ3v) is 3.65. The van der Waals surface area contributed by atoms with Crippen LogP contribution in [0.1, 0.15) is 24.5 Å². The molecule has 0 fully saturated rings. The fourth-order valence-corrected chi connectivity index (χ4v) is 2.32. The average molecular weight is 484 g/mol. The van der Waals surface area contributed by atoms with E-state index in [9.17, 15) is 0 Å². The molecule has 0 aliphatic heterocycles. The van der Waals surface area contributed by atoms with Crippen LogP contribution in [0.2, 0.25) is 0 Å². The molecule has 148 valence electrons. The first-order chi connectivity index (χ1) is 12.7. The van der Waals surface area contributed by atoms with Gasteiger partial charge in [-0.3, -0.25) is 9.98 Å². The second-order valence-electron chi connectivity index (χ2n) is 5.85. The predicted molar refractivity (Wildman–Crippen MR) is 120 cm³/mol. The van der Waals surface area contributed by atoms with Gasteiger partial charge < -0.3 is 20.1 Å². The van der Waals surface area contributed by atoms with Gasteiger partial charge in [0, 0.05) is 25.4 Å². The lowest BCUT2D eigenvalue weighted by Gasteiger charge is -2.15. The highest BCUT2D eigenvalue weighted by atomic mass is 127. The fourth-order valence-electron chi connectivity index (χ4n) is 2.32. The number of guanidine groups is 1. The Kier molecular flexibility index (Phi) is 11.2. The maximum absolute atomic E-state index is 5.85. The molecule has 0 radical (unpaired) electrons. The molecule has 7 heteroatoms. The fraction of sp³-hybridized carbons (Fsp3) is 0.400. The van der Waals surface area contributed by atoms with Crippen LogP contribution in [0, 0.1) is 6.92 Å². The van der Waals surface area contributed by atoms with Crippen LogP contribution in [0.3, 0.4) is 0 Å². The zero-order valence-electron chi connectivity index (χ0n) is 16.2. The van der Waals surface area contributed by atoms with Gasteiger partial charge in [0.15, 0.2) is 5.96 Å². The summed E-state index contributed by atoms with van der Waals surface area (Å²) in [6, 6.07) is 9.99. The molecule has 0 spiro atoms. The van der Waals surface area contributed by atoms with Crippen molar-refractivity contribution in [2.24, 2.45) is 4.99 Å². The first-order valence-electron chi connectivity index (χ1n) is 8.92. The molecule has 0 aliphatic rings. The van der Waals surface area contributed by atoms with Gasteiger partial charge in [-0.15, -0.1) is 24.0 Å². The number of halogens is 1. The molecule has 0 saturated heterocycles. The van der Waals surface area contributed by atoms with Gasteiger partial charge in [0.05, 0.1) is 19.3 Å². The molecule has 0 bridgehead atoms. The molecule has 6 nitrogen and oxygen atoms in total. The summed E-state index contributed by atoms with van der Waals surface area (Å²) < 4.78 is 11.5. The van der Waals surface area contributed by atoms with E-state index in [1.807, 2.05) is 12.1 Å². The molecule has 2 N–H and O–H groups in total. The number of aryl methyl sites for hydroxylation is 1. The molecule has 0 amide bonds. The minimum atomic E-state index is 0. The summed E-state index contributed by atoms with van der Waals surface area (Å²) in [5, 5.41) is 6.55. The van der Waals surface area contributed by atoms with Gasteiger partial charge in [0.2, 0.25) is 0 Å². The number of aliphatic imine (C=N–C) groups is 1. The number of pyridine rings is 1. The van der Waals surface area contributed by atoms with Crippen molar-refractivity contribution in [3.8, 4) is 11.5 Å². The van der Waals surface area contributed by atoms with Crippen LogP contribution in [-0.4, -0.2) is 37.7 Å². The molecule has 1 heterocycles. The molecule has 0 atom stereocenters. The second kappa shape index (κ2) is 13.2. The van der Waals surface area contributed by atoms with Gasteiger partial charge >= 0.3 is 0 Å². The van der Waals surface area contributed by atoms with Crippen molar-refractivity contribution in [2.75, 3.05) is 26.8 Å². The number of nitrogens with one attached hydrogen (secondary N) is 2. The smallest absolute Gasteiger partial charge is 0.191 e. The van der Waals surface area contributed by atoms with Crippen LogP contribution in [0.15, 0.2) is 47.7 Å². The highest BCUT2D eigenvalue weighted by molar-refractivity contribution is 14.0. The zero-order chi connectivity index (χ0) is 18.6. The Morgan fingerprint density at radius 2 is 2.00 bits per heavy atom. The van der Waals surface area contributed by atoms with Gasteiger partial charge in [0.25, 0.3) is 0 Å². The standard InChI is InChI=1S/C20H28N4O2.HI/c1-4-11-26-19-13-16(2)7-8-17(19)14-24-20(21-3)23-10-12-25-18-6-5-9-22-15-18;/h5-9,13,15H,4,10-12,14H2,1-3H3,(H2,21,23,24);1H. The van der Waals surface area contributed by atoms with E-state index in [0.717, 1.165) is 36.0 Å². The summed E-state index contributed by atoms with van der Waals surface area (Å²) in [4.78, 5) is 8.26. The third kappa shape index (κ3) is 8.47. The summed E-state index contributed by atoms with van der Waals surface area (Å²) in [6.45, 7) is 6.70. The molecule has 2 aromatic rings. The quantitative estimate of drug-likeness (QED) is 0.247. The van der Waals surface area contributed by atoms with Crippen molar-refractivity contribution in [3.05, 3.63) is 53.9 Å². The van der Waals surface area contributed by atoms with Crippen molar-refractivity contribution in [3.63, 3.8) is 0 Å². The van der Waals surface area contributed by atoms with Gasteiger partial charge in [-0.25, -0.2) is 0 Å². The molecule has 0 unspecified atom stereocenters. The van der Waals surface area contributed by atoms with Crippen LogP contribution in [0.5, 0.6) is 11.5 Å². The number of nitrogens with zero attached hydrogens (tertiary/aromatic N) is 2. The minimum absolute atomic E-state index is 0. The molecule has 2 rings (SSSR count). The molecule has 0 aliphatic carbocycles. The Hall–Kier alpha value is -2.03. The number of benzene rings is 1. The van der Waals surface area contributed by atoms with Crippen LogP contribution in [0.4, 0.5) is 0 Å². The van der Waals surface area contributed by atoms with Crippen LogP contribution in [-0.2, 0) is 6.54 Å². The number of hydrogen-bond acceptors (Lipinski definition) is 4. The Morgan fingerprint density at radius 3 is 2.70 bits per heavy atom. The van der Waals surface area contributed by atoms with Crippen LogP contribution < -0.4 is 20.1 Å². The first kappa shape index (κ1) is 23.0. The van der Waals surface area contributed by atoms with E-state index in [4.69, 9.17) is 9.47 Å². The van der Waals surface area contributed by atoms with Gasteiger partial charge in [-0.2, -0.15) is 0 Å². The summed E-state index contributed by atoms with van der Waals surface area (Å²) in [6.07, 6.45) is 4.41. The zero-order valence-corrected chi connectivity index (χ0v) is 18.5. The molecule has 27 heavy (non-hydrogen) atoms. The predicted octanol–water partition coefficient (Wildman–Crippen LogP) is 3.54. The Morgan fingerprint density at radius 1 is 1.15 bits per heavy atom. The lowest BCUT2D eigenvalue weighted by atomic mass is 10.1. The summed E-state index contributed by atoms with van der Waals surface area (Å²) in [5.41, 5.74) is 2.30. The van der Waals surface area contributed by atoms with Crippen LogP contribution >= 0.6 is 24.0 Å². The SMILES string of the molecule is CCCOc1cc(C)ccc1CNC(=NC)NCCOc1cccnc1.I. The van der Waals surface area contributed by atoms with Crippen LogP contribution in [0.25, 0.3) is 0 Å². The van der Waals surface area contributed by atoms with E-state index < -0.39 is 0 Å². The van der Waals surface area contributed by atoms with E-state index in [-0.39, 0.29) is 24.0 Å². The maximum Gasteiger partial charge on any atom is 0.191 e. The van der Waals surface area contributed by atoms with Gasteiger partial charge in [0.1, 0.15) is 18.1 Å². The average Bonchev–Trinajstić information content (AvgIpc) is 2.67. The Balaban J connectivity index is 0.00000364. The van der Waals surface area contributed by atoms with E-state index in [1.165, 1.54) is 5.56 Å². The lowest BCUT2D eigenvalue weighted by molar-refractivity contribution is 0.313. The lowest BCUT2D eigenvalue weighted by Crippen LogP contribution is -2.38. The van der Waals surface area contributed by atoms with Crippen molar-refractivity contribution in [1.29, 1.82) is 0 Å². The summed E-state index contributed by atoms with van der Waals surface area (Å²) in [7, 11) is 1.75. The summed E-state index contributed by atoms with van der Waals surface area (Å²) in [5.74, 6) is 2.41. The van der Waals surface area contributed by atoms with Gasteiger partial charge in [-0.1, -0.05) is 19.1 Å². The van der Waals surface area contributed by atoms with E-state index >= 15 is 0 Å². The van der Waals surface area contributed by atoms with E-state index in [0.29, 0.717) is 19.7 Å². The number of hydrogen-bond donors (Lipinski definition) is 2. The number of ether oxygens (including phenoxy) is 2.